The van der Waals surface area contributed by atoms with Crippen molar-refractivity contribution in [2.45, 2.75) is 38.9 Å². The Morgan fingerprint density at radius 3 is 1.94 bits per heavy atom. The third-order valence-corrected chi connectivity index (χ3v) is 2.22. The monoisotopic (exact) mass is 264 g/mol. The number of methoxy groups -OCH3 is 1. The van der Waals surface area contributed by atoms with E-state index in [1.807, 2.05) is 6.92 Å². The van der Waals surface area contributed by atoms with Gasteiger partial charge in [0.25, 0.3) is 0 Å². The van der Waals surface area contributed by atoms with Crippen molar-refractivity contribution in [3.05, 3.63) is 0 Å². The van der Waals surface area contributed by atoms with Crippen LogP contribution in [0.1, 0.15) is 27.2 Å². The van der Waals surface area contributed by atoms with Gasteiger partial charge in [-0.05, 0) is 20.8 Å². The normalized spacial score (nSPS) is 13.8. The van der Waals surface area contributed by atoms with Gasteiger partial charge in [0.05, 0.1) is 51.3 Å². The zero-order valence-electron chi connectivity index (χ0n) is 12.1. The van der Waals surface area contributed by atoms with Crippen molar-refractivity contribution in [1.82, 2.24) is 0 Å². The maximum absolute atomic E-state index is 9.59. The summed E-state index contributed by atoms with van der Waals surface area (Å²) in [5.41, 5.74) is -0.685. The highest BCUT2D eigenvalue weighted by molar-refractivity contribution is 4.68. The van der Waals surface area contributed by atoms with E-state index in [2.05, 4.69) is 0 Å². The van der Waals surface area contributed by atoms with Gasteiger partial charge in [-0.25, -0.2) is 0 Å². The van der Waals surface area contributed by atoms with Crippen LogP contribution in [0, 0.1) is 0 Å². The van der Waals surface area contributed by atoms with Crippen LogP contribution in [-0.4, -0.2) is 63.6 Å². The largest absolute Gasteiger partial charge is 0.390 e. The van der Waals surface area contributed by atoms with E-state index in [1.165, 1.54) is 0 Å². The maximum Gasteiger partial charge on any atom is 0.0704 e. The average molecular weight is 264 g/mol. The first kappa shape index (κ1) is 17.8. The van der Waals surface area contributed by atoms with E-state index in [1.54, 1.807) is 21.0 Å². The van der Waals surface area contributed by atoms with Gasteiger partial charge >= 0.3 is 0 Å². The van der Waals surface area contributed by atoms with Crippen LogP contribution in [0.2, 0.25) is 0 Å². The predicted octanol–water partition coefficient (Wildman–Crippen LogP) is 1.23. The number of ether oxygens (including phenoxy) is 4. The minimum absolute atomic E-state index is 0.0338. The smallest absolute Gasteiger partial charge is 0.0704 e. The van der Waals surface area contributed by atoms with E-state index >= 15 is 0 Å². The molecule has 0 heterocycles. The van der Waals surface area contributed by atoms with Crippen LogP contribution in [0.4, 0.5) is 0 Å². The van der Waals surface area contributed by atoms with Crippen molar-refractivity contribution >= 4 is 0 Å². The Labute approximate surface area is 110 Å². The lowest BCUT2D eigenvalue weighted by atomic mass is 10.0. The summed E-state index contributed by atoms with van der Waals surface area (Å²) < 4.78 is 20.9. The van der Waals surface area contributed by atoms with Crippen LogP contribution < -0.4 is 0 Å². The molecule has 0 radical (unpaired) electrons. The lowest BCUT2D eigenvalue weighted by molar-refractivity contribution is -0.0390. The van der Waals surface area contributed by atoms with Gasteiger partial charge in [0.15, 0.2) is 0 Å². The lowest BCUT2D eigenvalue weighted by Gasteiger charge is -2.22. The SMILES string of the molecule is COCCOCCOCCOC(C)CC(C)(C)O. The molecule has 0 aromatic heterocycles. The fraction of sp³-hybridized carbons (Fsp3) is 1.00. The second-order valence-electron chi connectivity index (χ2n) is 4.92. The van der Waals surface area contributed by atoms with Crippen LogP contribution in [0.15, 0.2) is 0 Å². The molecule has 0 spiro atoms. The summed E-state index contributed by atoms with van der Waals surface area (Å²) in [4.78, 5) is 0. The molecule has 0 saturated carbocycles. The first-order valence-electron chi connectivity index (χ1n) is 6.44. The molecule has 5 nitrogen and oxygen atoms in total. The standard InChI is InChI=1S/C13H28O5/c1-12(11-13(2,3)14)18-10-9-17-8-7-16-6-5-15-4/h12,14H,5-11H2,1-4H3. The number of rotatable bonds is 12. The van der Waals surface area contributed by atoms with E-state index in [0.29, 0.717) is 46.1 Å². The zero-order chi connectivity index (χ0) is 13.9. The van der Waals surface area contributed by atoms with Crippen LogP contribution in [-0.2, 0) is 18.9 Å². The summed E-state index contributed by atoms with van der Waals surface area (Å²) in [6.45, 7) is 8.93. The van der Waals surface area contributed by atoms with Gasteiger partial charge in [0.2, 0.25) is 0 Å². The van der Waals surface area contributed by atoms with Gasteiger partial charge in [0.1, 0.15) is 0 Å². The minimum Gasteiger partial charge on any atom is -0.390 e. The minimum atomic E-state index is -0.685. The molecule has 0 rings (SSSR count). The Balaban J connectivity index is 3.20. The molecule has 110 valence electrons. The molecule has 1 N–H and O–H groups in total. The molecule has 0 fully saturated rings. The van der Waals surface area contributed by atoms with Gasteiger partial charge < -0.3 is 24.1 Å². The van der Waals surface area contributed by atoms with E-state index in [9.17, 15) is 5.11 Å². The summed E-state index contributed by atoms with van der Waals surface area (Å²) in [6.07, 6.45) is 0.652. The highest BCUT2D eigenvalue weighted by atomic mass is 16.6. The fourth-order valence-electron chi connectivity index (χ4n) is 1.53. The average Bonchev–Trinajstić information content (AvgIpc) is 2.24. The molecule has 18 heavy (non-hydrogen) atoms. The Hall–Kier alpha value is -0.200. The van der Waals surface area contributed by atoms with Crippen LogP contribution in [0.3, 0.4) is 0 Å². The van der Waals surface area contributed by atoms with Gasteiger partial charge in [-0.2, -0.15) is 0 Å². The zero-order valence-corrected chi connectivity index (χ0v) is 12.1. The number of hydrogen-bond donors (Lipinski definition) is 1. The topological polar surface area (TPSA) is 57.2 Å². The van der Waals surface area contributed by atoms with Crippen molar-refractivity contribution < 1.29 is 24.1 Å². The molecule has 0 saturated heterocycles. The molecule has 1 unspecified atom stereocenters. The van der Waals surface area contributed by atoms with Crippen LogP contribution >= 0.6 is 0 Å². The lowest BCUT2D eigenvalue weighted by Crippen LogP contribution is -2.27. The highest BCUT2D eigenvalue weighted by Gasteiger charge is 2.17. The van der Waals surface area contributed by atoms with Gasteiger partial charge in [-0.3, -0.25) is 0 Å². The molecular formula is C13H28O5. The quantitative estimate of drug-likeness (QED) is 0.537. The van der Waals surface area contributed by atoms with Gasteiger partial charge in [-0.15, -0.1) is 0 Å². The molecule has 5 heteroatoms. The van der Waals surface area contributed by atoms with Gasteiger partial charge in [0, 0.05) is 13.5 Å². The number of hydrogen-bond acceptors (Lipinski definition) is 5. The van der Waals surface area contributed by atoms with Crippen molar-refractivity contribution in [3.8, 4) is 0 Å². The Morgan fingerprint density at radius 1 is 0.944 bits per heavy atom. The predicted molar refractivity (Wildman–Crippen MR) is 69.8 cm³/mol. The van der Waals surface area contributed by atoms with Crippen LogP contribution in [0.5, 0.6) is 0 Å². The van der Waals surface area contributed by atoms with Crippen molar-refractivity contribution in [2.24, 2.45) is 0 Å². The van der Waals surface area contributed by atoms with Crippen LogP contribution in [0.25, 0.3) is 0 Å². The molecule has 0 aliphatic carbocycles. The first-order valence-corrected chi connectivity index (χ1v) is 6.44. The summed E-state index contributed by atoms with van der Waals surface area (Å²) in [5, 5.41) is 9.59. The van der Waals surface area contributed by atoms with E-state index in [-0.39, 0.29) is 6.10 Å². The summed E-state index contributed by atoms with van der Waals surface area (Å²) in [6, 6.07) is 0. The molecular weight excluding hydrogens is 236 g/mol. The van der Waals surface area contributed by atoms with Crippen molar-refractivity contribution in [1.29, 1.82) is 0 Å². The van der Waals surface area contributed by atoms with Crippen molar-refractivity contribution in [2.75, 3.05) is 46.8 Å². The Bertz CT molecular complexity index is 179. The molecule has 0 amide bonds. The summed E-state index contributed by atoms with van der Waals surface area (Å²) in [5.74, 6) is 0. The Morgan fingerprint density at radius 2 is 1.44 bits per heavy atom. The van der Waals surface area contributed by atoms with E-state index < -0.39 is 5.60 Å². The first-order chi connectivity index (χ1) is 8.45. The van der Waals surface area contributed by atoms with E-state index in [0.717, 1.165) is 0 Å². The second-order valence-corrected chi connectivity index (χ2v) is 4.92. The Kier molecular flexibility index (Phi) is 10.6. The summed E-state index contributed by atoms with van der Waals surface area (Å²) in [7, 11) is 1.64. The third kappa shape index (κ3) is 13.9. The van der Waals surface area contributed by atoms with Crippen molar-refractivity contribution in [3.63, 3.8) is 0 Å². The second kappa shape index (κ2) is 10.7. The molecule has 0 aliphatic heterocycles. The molecule has 0 bridgehead atoms. The molecule has 0 aromatic carbocycles. The molecule has 1 atom stereocenters. The fourth-order valence-corrected chi connectivity index (χ4v) is 1.53. The summed E-state index contributed by atoms with van der Waals surface area (Å²) >= 11 is 0. The van der Waals surface area contributed by atoms with E-state index in [4.69, 9.17) is 18.9 Å². The molecule has 0 aliphatic rings. The molecule has 0 aromatic rings. The maximum atomic E-state index is 9.59. The highest BCUT2D eigenvalue weighted by Crippen LogP contribution is 2.12. The van der Waals surface area contributed by atoms with Gasteiger partial charge in [-0.1, -0.05) is 0 Å². The number of aliphatic hydroxyl groups is 1. The third-order valence-electron chi connectivity index (χ3n) is 2.22.